The van der Waals surface area contributed by atoms with Crippen LogP contribution >= 0.6 is 0 Å². The van der Waals surface area contributed by atoms with Gasteiger partial charge in [-0.05, 0) is 51.6 Å². The summed E-state index contributed by atoms with van der Waals surface area (Å²) in [5.74, 6) is 0.985. The van der Waals surface area contributed by atoms with Gasteiger partial charge in [-0.3, -0.25) is 14.9 Å². The van der Waals surface area contributed by atoms with Crippen LogP contribution in [0.1, 0.15) is 31.2 Å². The number of hydrogen-bond donors (Lipinski definition) is 2. The predicted octanol–water partition coefficient (Wildman–Crippen LogP) is 2.73. The number of imide groups is 1. The first-order valence-electron chi connectivity index (χ1n) is 11.5. The second-order valence-electron chi connectivity index (χ2n) is 9.04. The minimum atomic E-state index is -0.365. The molecule has 1 aliphatic heterocycles. The van der Waals surface area contributed by atoms with Gasteiger partial charge in [-0.15, -0.1) is 0 Å². The third kappa shape index (κ3) is 4.94. The minimum absolute atomic E-state index is 0.0657. The van der Waals surface area contributed by atoms with Crippen LogP contribution in [0.15, 0.2) is 42.1 Å². The summed E-state index contributed by atoms with van der Waals surface area (Å²) < 4.78 is 7.71. The highest BCUT2D eigenvalue weighted by Crippen LogP contribution is 2.30. The Hall–Kier alpha value is -3.72. The summed E-state index contributed by atoms with van der Waals surface area (Å²) in [5.41, 5.74) is 3.44. The Morgan fingerprint density at radius 2 is 2.12 bits per heavy atom. The minimum Gasteiger partial charge on any atom is -0.494 e. The lowest BCUT2D eigenvalue weighted by molar-refractivity contribution is -0.124. The first kappa shape index (κ1) is 22.1. The van der Waals surface area contributed by atoms with Crippen LogP contribution in [0.3, 0.4) is 0 Å². The van der Waals surface area contributed by atoms with Crippen molar-refractivity contribution in [2.24, 2.45) is 0 Å². The molecule has 0 radical (unpaired) electrons. The summed E-state index contributed by atoms with van der Waals surface area (Å²) >= 11 is 0. The molecule has 2 aliphatic rings. The average Bonchev–Trinajstić information content (AvgIpc) is 3.44. The van der Waals surface area contributed by atoms with E-state index in [1.54, 1.807) is 16.8 Å². The van der Waals surface area contributed by atoms with E-state index in [1.165, 1.54) is 0 Å². The van der Waals surface area contributed by atoms with E-state index in [4.69, 9.17) is 9.72 Å². The van der Waals surface area contributed by atoms with Gasteiger partial charge in [0.05, 0.1) is 24.9 Å². The van der Waals surface area contributed by atoms with Gasteiger partial charge < -0.3 is 15.0 Å². The summed E-state index contributed by atoms with van der Waals surface area (Å²) in [7, 11) is 4.10. The lowest BCUT2D eigenvalue weighted by atomic mass is 10.1. The first-order chi connectivity index (χ1) is 16.5. The maximum atomic E-state index is 12.1. The molecule has 176 valence electrons. The number of nitrogens with zero attached hydrogens (tertiary/aromatic N) is 4. The fraction of sp³-hybridized carbons (Fsp3) is 0.360. The van der Waals surface area contributed by atoms with Crippen molar-refractivity contribution in [1.29, 1.82) is 0 Å². The Labute approximate surface area is 197 Å². The van der Waals surface area contributed by atoms with Crippen LogP contribution in [0.25, 0.3) is 23.0 Å². The smallest absolute Gasteiger partial charge is 0.254 e. The van der Waals surface area contributed by atoms with Crippen LogP contribution in [0.2, 0.25) is 0 Å². The molecule has 5 rings (SSSR count). The second kappa shape index (κ2) is 9.26. The van der Waals surface area contributed by atoms with E-state index in [2.05, 4.69) is 20.6 Å². The van der Waals surface area contributed by atoms with E-state index in [1.807, 2.05) is 44.4 Å². The lowest BCUT2D eigenvalue weighted by Gasteiger charge is -2.12. The standard InChI is InChI=1S/C25H28N6O3/c1-30(2)9-4-10-34-20-6-3-5-16(12-20)21-14-22(27-19-7-8-19)31-24(28-21)18(15-26-31)11-17-13-23(32)29-25(17)33/h3,5-6,11-12,14-15,19,27H,4,7-10,13H2,1-2H3,(H,29,32,33)/b17-11+. The molecule has 0 bridgehead atoms. The maximum absolute atomic E-state index is 12.1. The number of benzene rings is 1. The summed E-state index contributed by atoms with van der Waals surface area (Å²) in [6.45, 7) is 1.61. The van der Waals surface area contributed by atoms with Crippen LogP contribution in [-0.2, 0) is 9.59 Å². The van der Waals surface area contributed by atoms with E-state index in [-0.39, 0.29) is 18.2 Å². The summed E-state index contributed by atoms with van der Waals surface area (Å²) in [5, 5.41) is 10.4. The van der Waals surface area contributed by atoms with Gasteiger partial charge in [0.2, 0.25) is 5.91 Å². The zero-order valence-electron chi connectivity index (χ0n) is 19.4. The fourth-order valence-corrected chi connectivity index (χ4v) is 3.89. The van der Waals surface area contributed by atoms with Crippen LogP contribution in [0.5, 0.6) is 5.75 Å². The fourth-order valence-electron chi connectivity index (χ4n) is 3.89. The van der Waals surface area contributed by atoms with Crippen LogP contribution in [0.4, 0.5) is 5.82 Å². The molecule has 1 aromatic carbocycles. The van der Waals surface area contributed by atoms with Crippen molar-refractivity contribution in [2.75, 3.05) is 32.6 Å². The van der Waals surface area contributed by atoms with Crippen molar-refractivity contribution in [3.8, 4) is 17.0 Å². The van der Waals surface area contributed by atoms with Crippen molar-refractivity contribution in [3.63, 3.8) is 0 Å². The van der Waals surface area contributed by atoms with Crippen molar-refractivity contribution in [1.82, 2.24) is 24.8 Å². The Morgan fingerprint density at radius 3 is 2.85 bits per heavy atom. The molecule has 0 spiro atoms. The largest absolute Gasteiger partial charge is 0.494 e. The zero-order chi connectivity index (χ0) is 23.7. The van der Waals surface area contributed by atoms with E-state index in [9.17, 15) is 9.59 Å². The van der Waals surface area contributed by atoms with E-state index in [0.29, 0.717) is 29.4 Å². The molecule has 34 heavy (non-hydrogen) atoms. The average molecular weight is 461 g/mol. The van der Waals surface area contributed by atoms with Crippen LogP contribution < -0.4 is 15.4 Å². The van der Waals surface area contributed by atoms with Gasteiger partial charge >= 0.3 is 0 Å². The number of carbonyl (C=O) groups is 2. The highest BCUT2D eigenvalue weighted by Gasteiger charge is 2.26. The second-order valence-corrected chi connectivity index (χ2v) is 9.04. The molecule has 2 N–H and O–H groups in total. The van der Waals surface area contributed by atoms with Gasteiger partial charge in [-0.1, -0.05) is 12.1 Å². The molecule has 2 aromatic heterocycles. The molecule has 3 heterocycles. The quantitative estimate of drug-likeness (QED) is 0.288. The Kier molecular flexibility index (Phi) is 6.02. The molecule has 9 heteroatoms. The SMILES string of the molecule is CN(C)CCCOc1cccc(-c2cc(NC3CC3)n3ncc(/C=C4\CC(=O)NC4=O)c3n2)c1. The van der Waals surface area contributed by atoms with Crippen LogP contribution in [-0.4, -0.2) is 64.6 Å². The molecule has 3 aromatic rings. The molecule has 2 amide bonds. The van der Waals surface area contributed by atoms with Crippen LogP contribution in [0, 0.1) is 0 Å². The monoisotopic (exact) mass is 460 g/mol. The predicted molar refractivity (Wildman–Crippen MR) is 129 cm³/mol. The topological polar surface area (TPSA) is 101 Å². The molecule has 2 fully saturated rings. The molecule has 0 atom stereocenters. The van der Waals surface area contributed by atoms with Gasteiger partial charge in [0, 0.05) is 35.4 Å². The number of fused-ring (bicyclic) bond motifs is 1. The summed E-state index contributed by atoms with van der Waals surface area (Å²) in [6, 6.07) is 10.3. The number of anilines is 1. The Bertz CT molecular complexity index is 1270. The van der Waals surface area contributed by atoms with Gasteiger partial charge in [0.15, 0.2) is 5.65 Å². The number of ether oxygens (including phenoxy) is 1. The highest BCUT2D eigenvalue weighted by atomic mass is 16.5. The molecular formula is C25H28N6O3. The zero-order valence-corrected chi connectivity index (χ0v) is 19.4. The number of aromatic nitrogens is 3. The maximum Gasteiger partial charge on any atom is 0.254 e. The molecular weight excluding hydrogens is 432 g/mol. The van der Waals surface area contributed by atoms with E-state index >= 15 is 0 Å². The Balaban J connectivity index is 1.49. The number of nitrogens with one attached hydrogen (secondary N) is 2. The number of hydrogen-bond acceptors (Lipinski definition) is 7. The number of carbonyl (C=O) groups excluding carboxylic acids is 2. The third-order valence-corrected chi connectivity index (χ3v) is 5.80. The first-order valence-corrected chi connectivity index (χ1v) is 11.5. The summed E-state index contributed by atoms with van der Waals surface area (Å²) in [4.78, 5) is 30.7. The van der Waals surface area contributed by atoms with Gasteiger partial charge in [0.25, 0.3) is 5.91 Å². The number of amides is 2. The van der Waals surface area contributed by atoms with Gasteiger partial charge in [-0.2, -0.15) is 9.61 Å². The van der Waals surface area contributed by atoms with Crippen molar-refractivity contribution >= 4 is 29.4 Å². The van der Waals surface area contributed by atoms with Gasteiger partial charge in [0.1, 0.15) is 11.6 Å². The lowest BCUT2D eigenvalue weighted by Crippen LogP contribution is -2.19. The van der Waals surface area contributed by atoms with Gasteiger partial charge in [-0.25, -0.2) is 4.98 Å². The van der Waals surface area contributed by atoms with Crippen molar-refractivity contribution < 1.29 is 14.3 Å². The molecule has 1 saturated carbocycles. The summed E-state index contributed by atoms with van der Waals surface area (Å²) in [6.07, 6.45) is 6.63. The number of rotatable bonds is 9. The highest BCUT2D eigenvalue weighted by molar-refractivity contribution is 6.15. The molecule has 9 nitrogen and oxygen atoms in total. The van der Waals surface area contributed by atoms with E-state index < -0.39 is 0 Å². The normalized spacial score (nSPS) is 17.1. The third-order valence-electron chi connectivity index (χ3n) is 5.80. The van der Waals surface area contributed by atoms with E-state index in [0.717, 1.165) is 48.6 Å². The molecule has 0 unspecified atom stereocenters. The van der Waals surface area contributed by atoms with Crippen molar-refractivity contribution in [3.05, 3.63) is 47.7 Å². The molecule has 1 saturated heterocycles. The molecule has 1 aliphatic carbocycles. The van der Waals surface area contributed by atoms with Crippen molar-refractivity contribution in [2.45, 2.75) is 31.7 Å². The Morgan fingerprint density at radius 1 is 1.26 bits per heavy atom.